The topological polar surface area (TPSA) is 76.1 Å². The van der Waals surface area contributed by atoms with Crippen molar-refractivity contribution in [3.63, 3.8) is 0 Å². The van der Waals surface area contributed by atoms with E-state index in [-0.39, 0.29) is 23.6 Å². The van der Waals surface area contributed by atoms with Crippen molar-refractivity contribution in [3.8, 4) is 5.75 Å². The van der Waals surface area contributed by atoms with Crippen molar-refractivity contribution in [2.45, 2.75) is 58.3 Å². The van der Waals surface area contributed by atoms with Crippen LogP contribution in [0.25, 0.3) is 5.57 Å². The molecule has 0 unspecified atom stereocenters. The number of carbonyl (C=O) groups excluding carboxylic acids is 1. The van der Waals surface area contributed by atoms with Crippen molar-refractivity contribution in [3.05, 3.63) is 76.0 Å². The van der Waals surface area contributed by atoms with Gasteiger partial charge in [-0.25, -0.2) is 4.79 Å². The maximum atomic E-state index is 13.5. The number of anilines is 1. The molecular weight excluding hydrogens is 502 g/mol. The number of halogens is 1. The van der Waals surface area contributed by atoms with E-state index in [1.807, 2.05) is 12.3 Å². The summed E-state index contributed by atoms with van der Waals surface area (Å²) in [6.07, 6.45) is 8.18. The number of allylic oxidation sites excluding steroid dienone is 2. The average Bonchev–Trinajstić information content (AvgIpc) is 2.88. The van der Waals surface area contributed by atoms with Gasteiger partial charge < -0.3 is 14.6 Å². The predicted molar refractivity (Wildman–Crippen MR) is 151 cm³/mol. The Morgan fingerprint density at radius 3 is 2.50 bits per heavy atom. The standard InChI is InChI=1S/C31H36ClNO5/c1-30(2)13-10-20(11-14-30)24-8-6-21(16-26(24)32)31(3)18-28(34)33(19-22(31)12-15-37-4)23-7-9-25(29(35)36)27(17-23)38-5/h6-10,16-17,19H,11-15,18H2,1-5H3,(H,35,36)/t31-/m0/s1. The number of ether oxygens (including phenoxy) is 2. The van der Waals surface area contributed by atoms with Gasteiger partial charge in [0.25, 0.3) is 0 Å². The molecule has 1 aliphatic carbocycles. The van der Waals surface area contributed by atoms with Crippen LogP contribution in [0, 0.1) is 5.41 Å². The Hall–Kier alpha value is -3.09. The number of amides is 1. The molecule has 2 aromatic carbocycles. The molecule has 1 amide bonds. The molecule has 2 aromatic rings. The van der Waals surface area contributed by atoms with Crippen molar-refractivity contribution in [1.29, 1.82) is 0 Å². The Kier molecular flexibility index (Phi) is 8.05. The molecule has 202 valence electrons. The van der Waals surface area contributed by atoms with Gasteiger partial charge in [-0.3, -0.25) is 9.69 Å². The lowest BCUT2D eigenvalue weighted by molar-refractivity contribution is -0.119. The fourth-order valence-corrected chi connectivity index (χ4v) is 5.68. The highest BCUT2D eigenvalue weighted by Crippen LogP contribution is 2.45. The first kappa shape index (κ1) is 27.9. The summed E-state index contributed by atoms with van der Waals surface area (Å²) in [5.74, 6) is -0.989. The SMILES string of the molecule is COCCC1=CN(c2ccc(C(=O)O)c(OC)c2)C(=O)C[C@@]1(C)c1ccc(C2=CCC(C)(C)CC2)c(Cl)c1. The third-order valence-corrected chi connectivity index (χ3v) is 8.27. The van der Waals surface area contributed by atoms with Gasteiger partial charge in [0.05, 0.1) is 12.8 Å². The molecule has 1 N–H and O–H groups in total. The van der Waals surface area contributed by atoms with Gasteiger partial charge in [0.2, 0.25) is 5.91 Å². The maximum absolute atomic E-state index is 13.5. The summed E-state index contributed by atoms with van der Waals surface area (Å²) < 4.78 is 10.7. The number of benzene rings is 2. The van der Waals surface area contributed by atoms with Crippen LogP contribution in [0.1, 0.15) is 74.4 Å². The molecule has 0 aromatic heterocycles. The Labute approximate surface area is 229 Å². The van der Waals surface area contributed by atoms with E-state index in [1.54, 1.807) is 24.1 Å². The number of methoxy groups -OCH3 is 2. The number of rotatable bonds is 8. The number of hydrogen-bond acceptors (Lipinski definition) is 4. The minimum atomic E-state index is -1.09. The number of hydrogen-bond donors (Lipinski definition) is 1. The number of aromatic carboxylic acids is 1. The zero-order valence-electron chi connectivity index (χ0n) is 22.8. The molecule has 0 saturated heterocycles. The van der Waals surface area contributed by atoms with Crippen molar-refractivity contribution in [2.24, 2.45) is 5.41 Å². The van der Waals surface area contributed by atoms with E-state index in [2.05, 4.69) is 39.0 Å². The van der Waals surface area contributed by atoms with Crippen LogP contribution < -0.4 is 9.64 Å². The van der Waals surface area contributed by atoms with Gasteiger partial charge in [-0.05, 0) is 71.6 Å². The molecule has 6 nitrogen and oxygen atoms in total. The predicted octanol–water partition coefficient (Wildman–Crippen LogP) is 7.26. The Bertz CT molecular complexity index is 1310. The van der Waals surface area contributed by atoms with Crippen molar-refractivity contribution in [2.75, 3.05) is 25.7 Å². The molecule has 1 atom stereocenters. The van der Waals surface area contributed by atoms with Gasteiger partial charge in [-0.1, -0.05) is 50.6 Å². The summed E-state index contributed by atoms with van der Waals surface area (Å²) in [5, 5.41) is 10.1. The largest absolute Gasteiger partial charge is 0.496 e. The molecule has 2 aliphatic rings. The molecule has 4 rings (SSSR count). The van der Waals surface area contributed by atoms with Crippen molar-refractivity contribution in [1.82, 2.24) is 0 Å². The second-order valence-corrected chi connectivity index (χ2v) is 11.6. The van der Waals surface area contributed by atoms with Crippen LogP contribution in [0.4, 0.5) is 5.69 Å². The normalized spacial score (nSPS) is 21.1. The number of nitrogens with zero attached hydrogens (tertiary/aromatic N) is 1. The van der Waals surface area contributed by atoms with Gasteiger partial charge in [0.1, 0.15) is 11.3 Å². The lowest BCUT2D eigenvalue weighted by Gasteiger charge is -2.40. The summed E-state index contributed by atoms with van der Waals surface area (Å²) in [6.45, 7) is 7.16. The van der Waals surface area contributed by atoms with E-state index < -0.39 is 11.4 Å². The summed E-state index contributed by atoms with van der Waals surface area (Å²) in [7, 11) is 3.07. The first-order valence-electron chi connectivity index (χ1n) is 12.9. The number of carboxylic acid groups (broad SMARTS) is 1. The van der Waals surface area contributed by atoms with Gasteiger partial charge in [-0.15, -0.1) is 0 Å². The molecular formula is C31H36ClNO5. The lowest BCUT2D eigenvalue weighted by Crippen LogP contribution is -2.41. The number of carbonyl (C=O) groups is 2. The maximum Gasteiger partial charge on any atom is 0.339 e. The van der Waals surface area contributed by atoms with Crippen molar-refractivity contribution >= 4 is 34.7 Å². The van der Waals surface area contributed by atoms with Gasteiger partial charge in [0.15, 0.2) is 0 Å². The fourth-order valence-electron chi connectivity index (χ4n) is 5.38. The molecule has 0 saturated carbocycles. The molecule has 1 aliphatic heterocycles. The summed E-state index contributed by atoms with van der Waals surface area (Å²) in [4.78, 5) is 26.6. The second-order valence-electron chi connectivity index (χ2n) is 11.2. The van der Waals surface area contributed by atoms with Crippen LogP contribution >= 0.6 is 11.6 Å². The van der Waals surface area contributed by atoms with Crippen LogP contribution in [-0.4, -0.2) is 37.8 Å². The molecule has 0 fully saturated rings. The van der Waals surface area contributed by atoms with Crippen LogP contribution in [0.5, 0.6) is 5.75 Å². The van der Waals surface area contributed by atoms with Gasteiger partial charge >= 0.3 is 5.97 Å². The highest BCUT2D eigenvalue weighted by molar-refractivity contribution is 6.32. The van der Waals surface area contributed by atoms with Crippen molar-refractivity contribution < 1.29 is 24.2 Å². The Balaban J connectivity index is 1.72. The van der Waals surface area contributed by atoms with E-state index in [4.69, 9.17) is 21.1 Å². The number of carboxylic acids is 1. The van der Waals surface area contributed by atoms with E-state index >= 15 is 0 Å². The average molecular weight is 538 g/mol. The highest BCUT2D eigenvalue weighted by atomic mass is 35.5. The van der Waals surface area contributed by atoms with Gasteiger partial charge in [-0.2, -0.15) is 0 Å². The molecule has 0 radical (unpaired) electrons. The molecule has 1 heterocycles. The molecule has 38 heavy (non-hydrogen) atoms. The Morgan fingerprint density at radius 2 is 1.89 bits per heavy atom. The van der Waals surface area contributed by atoms with Crippen LogP contribution in [0.15, 0.2) is 54.2 Å². The van der Waals surface area contributed by atoms with Crippen LogP contribution in [0.3, 0.4) is 0 Å². The summed E-state index contributed by atoms with van der Waals surface area (Å²) in [5.41, 5.74) is 4.70. The molecule has 7 heteroatoms. The van der Waals surface area contributed by atoms with Gasteiger partial charge in [0, 0.05) is 42.8 Å². The minimum absolute atomic E-state index is 0.0421. The Morgan fingerprint density at radius 1 is 1.13 bits per heavy atom. The second kappa shape index (κ2) is 11.0. The zero-order valence-corrected chi connectivity index (χ0v) is 23.5. The third-order valence-electron chi connectivity index (χ3n) is 7.96. The van der Waals surface area contributed by atoms with E-state index in [0.717, 1.165) is 36.0 Å². The summed E-state index contributed by atoms with van der Waals surface area (Å²) >= 11 is 6.86. The van der Waals surface area contributed by atoms with Crippen LogP contribution in [0.2, 0.25) is 5.02 Å². The zero-order chi connectivity index (χ0) is 27.7. The monoisotopic (exact) mass is 537 g/mol. The molecule has 0 spiro atoms. The molecule has 0 bridgehead atoms. The lowest BCUT2D eigenvalue weighted by atomic mass is 9.70. The smallest absolute Gasteiger partial charge is 0.339 e. The van der Waals surface area contributed by atoms with E-state index in [0.29, 0.717) is 29.2 Å². The minimum Gasteiger partial charge on any atom is -0.496 e. The first-order valence-corrected chi connectivity index (χ1v) is 13.3. The van der Waals surface area contributed by atoms with E-state index in [1.165, 1.54) is 18.7 Å². The first-order chi connectivity index (χ1) is 18.0. The fraction of sp³-hybridized carbons (Fsp3) is 0.419. The quantitative estimate of drug-likeness (QED) is 0.383. The summed E-state index contributed by atoms with van der Waals surface area (Å²) in [6, 6.07) is 10.9. The third kappa shape index (κ3) is 5.52. The van der Waals surface area contributed by atoms with E-state index in [9.17, 15) is 14.7 Å². The van der Waals surface area contributed by atoms with Crippen LogP contribution in [-0.2, 0) is 14.9 Å². The highest BCUT2D eigenvalue weighted by Gasteiger charge is 2.40.